The summed E-state index contributed by atoms with van der Waals surface area (Å²) in [5, 5.41) is 13.7. The molecule has 4 nitrogen and oxygen atoms in total. The highest BCUT2D eigenvalue weighted by Gasteiger charge is 2.13. The molecule has 31 heavy (non-hydrogen) atoms. The quantitative estimate of drug-likeness (QED) is 0.262. The molecule has 0 saturated heterocycles. The van der Waals surface area contributed by atoms with Crippen molar-refractivity contribution in [2.75, 3.05) is 5.32 Å². The Labute approximate surface area is 203 Å². The minimum Gasteiger partial charge on any atom is -0.488 e. The van der Waals surface area contributed by atoms with E-state index in [0.717, 1.165) is 10.0 Å². The van der Waals surface area contributed by atoms with Crippen molar-refractivity contribution >= 4 is 68.4 Å². The van der Waals surface area contributed by atoms with E-state index in [1.807, 2.05) is 6.07 Å². The molecule has 8 heteroatoms. The van der Waals surface area contributed by atoms with E-state index in [4.69, 9.17) is 39.5 Å². The molecule has 0 spiro atoms. The molecule has 0 saturated carbocycles. The maximum Gasteiger partial charge on any atom is 0.266 e. The minimum atomic E-state index is -0.545. The lowest BCUT2D eigenvalue weighted by Crippen LogP contribution is -2.13. The monoisotopic (exact) mass is 534 g/mol. The number of carbonyl (C=O) groups excluding carboxylic acids is 1. The summed E-state index contributed by atoms with van der Waals surface area (Å²) in [4.78, 5) is 12.6. The molecule has 156 valence electrons. The van der Waals surface area contributed by atoms with Gasteiger partial charge in [-0.3, -0.25) is 4.79 Å². The summed E-state index contributed by atoms with van der Waals surface area (Å²) >= 11 is 21.6. The fourth-order valence-electron chi connectivity index (χ4n) is 2.59. The normalized spacial score (nSPS) is 11.0. The van der Waals surface area contributed by atoms with E-state index in [2.05, 4.69) is 21.2 Å². The van der Waals surface area contributed by atoms with E-state index in [1.54, 1.807) is 60.7 Å². The Bertz CT molecular complexity index is 1190. The van der Waals surface area contributed by atoms with Crippen molar-refractivity contribution < 1.29 is 9.53 Å². The first-order valence-corrected chi connectivity index (χ1v) is 10.8. The summed E-state index contributed by atoms with van der Waals surface area (Å²) in [6.45, 7) is 0.172. The van der Waals surface area contributed by atoms with Crippen LogP contribution < -0.4 is 10.1 Å². The Morgan fingerprint density at radius 3 is 2.39 bits per heavy atom. The molecule has 3 aromatic rings. The van der Waals surface area contributed by atoms with Crippen molar-refractivity contribution in [3.63, 3.8) is 0 Å². The third-order valence-electron chi connectivity index (χ3n) is 4.14. The van der Waals surface area contributed by atoms with Crippen molar-refractivity contribution in [1.82, 2.24) is 0 Å². The smallest absolute Gasteiger partial charge is 0.266 e. The van der Waals surface area contributed by atoms with Gasteiger partial charge in [0.25, 0.3) is 5.91 Å². The molecule has 1 N–H and O–H groups in total. The SMILES string of the molecule is N#C/C(=C\c1cc(Cl)ccc1OCc1ccc(Cl)cc1Cl)C(=O)Nc1ccc(Br)cc1. The van der Waals surface area contributed by atoms with Crippen LogP contribution in [0.25, 0.3) is 6.08 Å². The van der Waals surface area contributed by atoms with Gasteiger partial charge in [-0.05, 0) is 60.7 Å². The highest BCUT2D eigenvalue weighted by Crippen LogP contribution is 2.28. The molecule has 3 rings (SSSR count). The van der Waals surface area contributed by atoms with Gasteiger partial charge >= 0.3 is 0 Å². The minimum absolute atomic E-state index is 0.0976. The summed E-state index contributed by atoms with van der Waals surface area (Å²) in [5.74, 6) is -0.101. The molecule has 0 aromatic heterocycles. The lowest BCUT2D eigenvalue weighted by Gasteiger charge is -2.12. The number of rotatable bonds is 6. The maximum atomic E-state index is 12.6. The van der Waals surface area contributed by atoms with E-state index in [0.29, 0.717) is 32.1 Å². The van der Waals surface area contributed by atoms with Crippen molar-refractivity contribution in [3.05, 3.63) is 96.9 Å². The number of hydrogen-bond acceptors (Lipinski definition) is 3. The topological polar surface area (TPSA) is 62.1 Å². The zero-order valence-electron chi connectivity index (χ0n) is 15.8. The maximum absolute atomic E-state index is 12.6. The average Bonchev–Trinajstić information content (AvgIpc) is 2.74. The average molecular weight is 537 g/mol. The number of ether oxygens (including phenoxy) is 1. The number of nitriles is 1. The lowest BCUT2D eigenvalue weighted by molar-refractivity contribution is -0.112. The second-order valence-corrected chi connectivity index (χ2v) is 8.53. The first kappa shape index (κ1) is 23.2. The lowest BCUT2D eigenvalue weighted by atomic mass is 10.1. The third-order valence-corrected chi connectivity index (χ3v) is 5.49. The van der Waals surface area contributed by atoms with Gasteiger partial charge in [0.2, 0.25) is 0 Å². The number of carbonyl (C=O) groups is 1. The van der Waals surface area contributed by atoms with Crippen LogP contribution in [-0.2, 0) is 11.4 Å². The summed E-state index contributed by atoms with van der Waals surface area (Å²) in [6, 6.07) is 19.0. The van der Waals surface area contributed by atoms with Gasteiger partial charge in [-0.2, -0.15) is 5.26 Å². The molecule has 0 heterocycles. The van der Waals surface area contributed by atoms with E-state index in [1.165, 1.54) is 6.08 Å². The summed E-state index contributed by atoms with van der Waals surface area (Å²) < 4.78 is 6.76. The molecule has 0 aliphatic heterocycles. The molecule has 0 radical (unpaired) electrons. The van der Waals surface area contributed by atoms with Crippen LogP contribution in [0, 0.1) is 11.3 Å². The molecule has 0 bridgehead atoms. The van der Waals surface area contributed by atoms with Crippen molar-refractivity contribution in [2.24, 2.45) is 0 Å². The van der Waals surface area contributed by atoms with Gasteiger partial charge < -0.3 is 10.1 Å². The molecule has 1 amide bonds. The molecule has 0 atom stereocenters. The van der Waals surface area contributed by atoms with Gasteiger partial charge in [0.05, 0.1) is 0 Å². The number of halogens is 4. The number of nitrogens with zero attached hydrogens (tertiary/aromatic N) is 1. The zero-order chi connectivity index (χ0) is 22.4. The fraction of sp³-hybridized carbons (Fsp3) is 0.0435. The Balaban J connectivity index is 1.83. The highest BCUT2D eigenvalue weighted by molar-refractivity contribution is 9.10. The van der Waals surface area contributed by atoms with Crippen LogP contribution in [0.15, 0.2) is 70.7 Å². The predicted octanol–water partition coefficient (Wildman–Crippen LogP) is 7.53. The molecule has 0 unspecified atom stereocenters. The van der Waals surface area contributed by atoms with Gasteiger partial charge in [-0.15, -0.1) is 0 Å². The van der Waals surface area contributed by atoms with Crippen LogP contribution in [0.1, 0.15) is 11.1 Å². The van der Waals surface area contributed by atoms with Gasteiger partial charge in [0.1, 0.15) is 24.0 Å². The van der Waals surface area contributed by atoms with Crippen LogP contribution >= 0.6 is 50.7 Å². The van der Waals surface area contributed by atoms with Crippen molar-refractivity contribution in [2.45, 2.75) is 6.61 Å². The first-order chi connectivity index (χ1) is 14.9. The molecular formula is C23H14BrCl3N2O2. The number of nitrogens with one attached hydrogen (secondary N) is 1. The first-order valence-electron chi connectivity index (χ1n) is 8.90. The molecule has 0 aliphatic rings. The largest absolute Gasteiger partial charge is 0.488 e. The molecule has 0 aliphatic carbocycles. The standard InChI is InChI=1S/C23H14BrCl3N2O2/c24-17-2-6-20(7-3-17)29-23(30)16(12-28)9-15-10-18(25)5-8-22(15)31-13-14-1-4-19(26)11-21(14)27/h1-11H,13H2,(H,29,30)/b16-9+. The number of benzene rings is 3. The van der Waals surface area contributed by atoms with Crippen LogP contribution in [0.5, 0.6) is 5.75 Å². The van der Waals surface area contributed by atoms with E-state index in [-0.39, 0.29) is 12.2 Å². The summed E-state index contributed by atoms with van der Waals surface area (Å²) in [6.07, 6.45) is 1.43. The summed E-state index contributed by atoms with van der Waals surface area (Å²) in [7, 11) is 0. The van der Waals surface area contributed by atoms with E-state index in [9.17, 15) is 10.1 Å². The van der Waals surface area contributed by atoms with E-state index >= 15 is 0 Å². The van der Waals surface area contributed by atoms with Crippen molar-refractivity contribution in [3.8, 4) is 11.8 Å². The van der Waals surface area contributed by atoms with Gasteiger partial charge in [0.15, 0.2) is 0 Å². The van der Waals surface area contributed by atoms with Crippen molar-refractivity contribution in [1.29, 1.82) is 5.26 Å². The predicted molar refractivity (Wildman–Crippen MR) is 129 cm³/mol. The number of anilines is 1. The Morgan fingerprint density at radius 1 is 1.03 bits per heavy atom. The Kier molecular flexibility index (Phi) is 8.00. The van der Waals surface area contributed by atoms with Gasteiger partial charge in [0, 0.05) is 36.4 Å². The van der Waals surface area contributed by atoms with Crippen LogP contribution in [0.3, 0.4) is 0 Å². The fourth-order valence-corrected chi connectivity index (χ4v) is 3.50. The second kappa shape index (κ2) is 10.7. The second-order valence-electron chi connectivity index (χ2n) is 6.34. The third kappa shape index (κ3) is 6.49. The van der Waals surface area contributed by atoms with Crippen LogP contribution in [0.4, 0.5) is 5.69 Å². The van der Waals surface area contributed by atoms with Gasteiger partial charge in [-0.25, -0.2) is 0 Å². The molecule has 3 aromatic carbocycles. The number of amides is 1. The molecular weight excluding hydrogens is 523 g/mol. The Hall–Kier alpha value is -2.49. The van der Waals surface area contributed by atoms with Crippen LogP contribution in [-0.4, -0.2) is 5.91 Å². The zero-order valence-corrected chi connectivity index (χ0v) is 19.7. The van der Waals surface area contributed by atoms with Gasteiger partial charge in [-0.1, -0.05) is 56.8 Å². The van der Waals surface area contributed by atoms with E-state index < -0.39 is 5.91 Å². The number of hydrogen-bond donors (Lipinski definition) is 1. The van der Waals surface area contributed by atoms with Crippen LogP contribution in [0.2, 0.25) is 15.1 Å². The summed E-state index contributed by atoms with van der Waals surface area (Å²) in [5.41, 5.74) is 1.69. The highest BCUT2D eigenvalue weighted by atomic mass is 79.9. The molecule has 0 fully saturated rings. The Morgan fingerprint density at radius 2 is 1.71 bits per heavy atom.